The van der Waals surface area contributed by atoms with Crippen molar-refractivity contribution in [2.45, 2.75) is 39.2 Å². The zero-order valence-electron chi connectivity index (χ0n) is 12.9. The number of aryl methyl sites for hydroxylation is 1. The summed E-state index contributed by atoms with van der Waals surface area (Å²) >= 11 is 0. The van der Waals surface area contributed by atoms with Crippen molar-refractivity contribution in [2.24, 2.45) is 0 Å². The summed E-state index contributed by atoms with van der Waals surface area (Å²) in [6, 6.07) is 0. The molecule has 0 bridgehead atoms. The third-order valence-corrected chi connectivity index (χ3v) is 3.03. The molecule has 1 heterocycles. The molecule has 0 spiro atoms. The molecule has 0 saturated heterocycles. The highest BCUT2D eigenvalue weighted by molar-refractivity contribution is 5.56. The van der Waals surface area contributed by atoms with E-state index in [2.05, 4.69) is 27.5 Å². The molecule has 3 N–H and O–H groups in total. The minimum Gasteiger partial charge on any atom is -0.391 e. The normalized spacial score (nSPS) is 12.2. The van der Waals surface area contributed by atoms with Gasteiger partial charge < -0.3 is 20.5 Å². The number of hydrogen-bond acceptors (Lipinski definition) is 6. The maximum Gasteiger partial charge on any atom is 0.134 e. The van der Waals surface area contributed by atoms with Crippen LogP contribution in [0.3, 0.4) is 0 Å². The van der Waals surface area contributed by atoms with Crippen LogP contribution in [0.4, 0.5) is 11.6 Å². The Hall–Kier alpha value is -1.40. The highest BCUT2D eigenvalue weighted by Gasteiger charge is 2.10. The molecular weight excluding hydrogens is 256 g/mol. The zero-order chi connectivity index (χ0) is 15.0. The Kier molecular flexibility index (Phi) is 7.25. The lowest BCUT2D eigenvalue weighted by Gasteiger charge is -2.15. The predicted molar refractivity (Wildman–Crippen MR) is 81.3 cm³/mol. The Labute approximate surface area is 121 Å². The van der Waals surface area contributed by atoms with Crippen LogP contribution in [0.25, 0.3) is 0 Å². The predicted octanol–water partition coefficient (Wildman–Crippen LogP) is 1.59. The van der Waals surface area contributed by atoms with Gasteiger partial charge in [-0.05, 0) is 19.8 Å². The Balaban J connectivity index is 2.70. The largest absolute Gasteiger partial charge is 0.391 e. The van der Waals surface area contributed by atoms with Gasteiger partial charge in [-0.15, -0.1) is 0 Å². The van der Waals surface area contributed by atoms with Gasteiger partial charge in [0.05, 0.1) is 12.7 Å². The fourth-order valence-electron chi connectivity index (χ4n) is 1.95. The van der Waals surface area contributed by atoms with Crippen molar-refractivity contribution in [3.8, 4) is 0 Å². The lowest BCUT2D eigenvalue weighted by atomic mass is 10.2. The van der Waals surface area contributed by atoms with Gasteiger partial charge >= 0.3 is 0 Å². The van der Waals surface area contributed by atoms with E-state index in [0.29, 0.717) is 19.6 Å². The fraction of sp³-hybridized carbons (Fsp3) is 0.714. The zero-order valence-corrected chi connectivity index (χ0v) is 12.9. The van der Waals surface area contributed by atoms with Crippen LogP contribution in [0.2, 0.25) is 0 Å². The molecule has 0 saturated carbocycles. The first-order chi connectivity index (χ1) is 9.62. The van der Waals surface area contributed by atoms with Gasteiger partial charge in [0.1, 0.15) is 17.5 Å². The van der Waals surface area contributed by atoms with Gasteiger partial charge in [0.2, 0.25) is 0 Å². The second kappa shape index (κ2) is 8.71. The number of aromatic nitrogens is 2. The maximum atomic E-state index is 9.63. The SMILES string of the molecule is CCCc1nc(NC)c(C)c(NCCC(O)COC)n1. The lowest BCUT2D eigenvalue weighted by molar-refractivity contribution is 0.0615. The molecule has 0 aromatic carbocycles. The van der Waals surface area contributed by atoms with Gasteiger partial charge in [0, 0.05) is 32.7 Å². The number of aliphatic hydroxyl groups is 1. The number of anilines is 2. The highest BCUT2D eigenvalue weighted by atomic mass is 16.5. The summed E-state index contributed by atoms with van der Waals surface area (Å²) in [6.45, 7) is 5.09. The topological polar surface area (TPSA) is 79.3 Å². The third-order valence-electron chi connectivity index (χ3n) is 3.03. The van der Waals surface area contributed by atoms with Crippen molar-refractivity contribution < 1.29 is 9.84 Å². The Morgan fingerprint density at radius 1 is 1.30 bits per heavy atom. The summed E-state index contributed by atoms with van der Waals surface area (Å²) in [5.74, 6) is 2.52. The van der Waals surface area contributed by atoms with E-state index in [1.54, 1.807) is 7.11 Å². The summed E-state index contributed by atoms with van der Waals surface area (Å²) in [5.41, 5.74) is 0.994. The Morgan fingerprint density at radius 2 is 2.00 bits per heavy atom. The number of nitrogens with zero attached hydrogens (tertiary/aromatic N) is 2. The van der Waals surface area contributed by atoms with Gasteiger partial charge in [-0.3, -0.25) is 0 Å². The molecule has 0 aliphatic carbocycles. The maximum absolute atomic E-state index is 9.63. The fourth-order valence-corrected chi connectivity index (χ4v) is 1.95. The van der Waals surface area contributed by atoms with E-state index < -0.39 is 6.10 Å². The van der Waals surface area contributed by atoms with Crippen LogP contribution in [-0.2, 0) is 11.2 Å². The molecule has 20 heavy (non-hydrogen) atoms. The smallest absolute Gasteiger partial charge is 0.134 e. The van der Waals surface area contributed by atoms with Gasteiger partial charge in [-0.1, -0.05) is 6.92 Å². The van der Waals surface area contributed by atoms with E-state index in [0.717, 1.165) is 35.9 Å². The molecule has 1 unspecified atom stereocenters. The number of hydrogen-bond donors (Lipinski definition) is 3. The van der Waals surface area contributed by atoms with Crippen molar-refractivity contribution in [3.63, 3.8) is 0 Å². The third kappa shape index (κ3) is 4.94. The number of aliphatic hydroxyl groups excluding tert-OH is 1. The first-order valence-corrected chi connectivity index (χ1v) is 7.08. The van der Waals surface area contributed by atoms with Crippen molar-refractivity contribution in [1.29, 1.82) is 0 Å². The number of ether oxygens (including phenoxy) is 1. The summed E-state index contributed by atoms with van der Waals surface area (Å²) in [5, 5.41) is 16.0. The van der Waals surface area contributed by atoms with E-state index >= 15 is 0 Å². The van der Waals surface area contributed by atoms with E-state index in [1.165, 1.54) is 0 Å². The van der Waals surface area contributed by atoms with Crippen LogP contribution in [0.15, 0.2) is 0 Å². The molecule has 1 atom stereocenters. The molecule has 0 fully saturated rings. The molecule has 0 radical (unpaired) electrons. The van der Waals surface area contributed by atoms with Crippen LogP contribution >= 0.6 is 0 Å². The minimum atomic E-state index is -0.450. The number of methoxy groups -OCH3 is 1. The van der Waals surface area contributed by atoms with Crippen molar-refractivity contribution >= 4 is 11.6 Å². The van der Waals surface area contributed by atoms with E-state index in [4.69, 9.17) is 4.74 Å². The Morgan fingerprint density at radius 3 is 2.60 bits per heavy atom. The first kappa shape index (κ1) is 16.7. The molecule has 1 rings (SSSR count). The molecular formula is C14H26N4O2. The second-order valence-corrected chi connectivity index (χ2v) is 4.79. The lowest BCUT2D eigenvalue weighted by Crippen LogP contribution is -2.19. The quantitative estimate of drug-likeness (QED) is 0.638. The van der Waals surface area contributed by atoms with Crippen LogP contribution < -0.4 is 10.6 Å². The van der Waals surface area contributed by atoms with Gasteiger partial charge in [-0.2, -0.15) is 0 Å². The Bertz CT molecular complexity index is 412. The monoisotopic (exact) mass is 282 g/mol. The number of nitrogens with one attached hydrogen (secondary N) is 2. The van der Waals surface area contributed by atoms with Crippen LogP contribution in [0, 0.1) is 6.92 Å². The minimum absolute atomic E-state index is 0.354. The molecule has 0 amide bonds. The van der Waals surface area contributed by atoms with Gasteiger partial charge in [0.15, 0.2) is 0 Å². The molecule has 6 heteroatoms. The summed E-state index contributed by atoms with van der Waals surface area (Å²) in [6.07, 6.45) is 2.04. The van der Waals surface area contributed by atoms with Gasteiger partial charge in [-0.25, -0.2) is 9.97 Å². The first-order valence-electron chi connectivity index (χ1n) is 7.08. The molecule has 1 aromatic heterocycles. The number of rotatable bonds is 9. The van der Waals surface area contributed by atoms with Crippen molar-refractivity contribution in [3.05, 3.63) is 11.4 Å². The molecule has 1 aromatic rings. The van der Waals surface area contributed by atoms with E-state index in [9.17, 15) is 5.11 Å². The van der Waals surface area contributed by atoms with Crippen molar-refractivity contribution in [1.82, 2.24) is 9.97 Å². The average molecular weight is 282 g/mol. The molecule has 6 nitrogen and oxygen atoms in total. The van der Waals surface area contributed by atoms with E-state index in [1.807, 2.05) is 14.0 Å². The van der Waals surface area contributed by atoms with E-state index in [-0.39, 0.29) is 0 Å². The van der Waals surface area contributed by atoms with Crippen LogP contribution in [-0.4, -0.2) is 48.5 Å². The van der Waals surface area contributed by atoms with Crippen molar-refractivity contribution in [2.75, 3.05) is 37.9 Å². The summed E-state index contributed by atoms with van der Waals surface area (Å²) in [4.78, 5) is 9.02. The average Bonchev–Trinajstić information content (AvgIpc) is 2.42. The summed E-state index contributed by atoms with van der Waals surface area (Å²) < 4.78 is 4.90. The summed E-state index contributed by atoms with van der Waals surface area (Å²) in [7, 11) is 3.44. The van der Waals surface area contributed by atoms with Gasteiger partial charge in [0.25, 0.3) is 0 Å². The van der Waals surface area contributed by atoms with Crippen LogP contribution in [0.5, 0.6) is 0 Å². The van der Waals surface area contributed by atoms with Crippen LogP contribution in [0.1, 0.15) is 31.2 Å². The standard InChI is InChI=1S/C14H26N4O2/c1-5-6-12-17-13(15-3)10(2)14(18-12)16-8-7-11(19)9-20-4/h11,19H,5-9H2,1-4H3,(H2,15,16,17,18). The molecule has 114 valence electrons. The highest BCUT2D eigenvalue weighted by Crippen LogP contribution is 2.20. The second-order valence-electron chi connectivity index (χ2n) is 4.79. The molecule has 0 aliphatic heterocycles. The molecule has 0 aliphatic rings.